The molecule has 0 saturated heterocycles. The smallest absolute Gasteiger partial charge is 0.333 e. The number of fused-ring (bicyclic) bond motifs is 1. The first-order valence-corrected chi connectivity index (χ1v) is 14.2. The first-order chi connectivity index (χ1) is 20.5. The summed E-state index contributed by atoms with van der Waals surface area (Å²) >= 11 is 0. The number of carbonyl (C=O) groups excluding carboxylic acids is 1. The Morgan fingerprint density at radius 1 is 0.977 bits per heavy atom. The summed E-state index contributed by atoms with van der Waals surface area (Å²) in [5.41, 5.74) is 3.04. The number of methoxy groups -OCH3 is 1. The highest BCUT2D eigenvalue weighted by molar-refractivity contribution is 5.80. The van der Waals surface area contributed by atoms with Crippen molar-refractivity contribution in [2.45, 2.75) is 60.7 Å². The van der Waals surface area contributed by atoms with Crippen molar-refractivity contribution in [3.05, 3.63) is 80.8 Å². The highest BCUT2D eigenvalue weighted by Gasteiger charge is 2.26. The van der Waals surface area contributed by atoms with E-state index in [4.69, 9.17) is 9.72 Å². The number of ether oxygens (including phenoxy) is 1. The maximum Gasteiger partial charge on any atom is 0.333 e. The topological polar surface area (TPSA) is 143 Å². The van der Waals surface area contributed by atoms with Crippen LogP contribution >= 0.6 is 0 Å². The monoisotopic (exact) mass is 584 g/mol. The molecule has 0 fully saturated rings. The molecule has 12 heteroatoms. The molecule has 5 aromatic rings. The molecule has 43 heavy (non-hydrogen) atoms. The Morgan fingerprint density at radius 2 is 1.67 bits per heavy atom. The number of rotatable bonds is 9. The molecule has 0 radical (unpaired) electrons. The van der Waals surface area contributed by atoms with Gasteiger partial charge >= 0.3 is 11.7 Å². The molecule has 224 valence electrons. The number of H-pyrrole nitrogens is 1. The number of imidazole rings is 1. The molecule has 0 amide bonds. The molecule has 0 spiro atoms. The van der Waals surface area contributed by atoms with Crippen LogP contribution in [0.5, 0.6) is 0 Å². The molecule has 0 aliphatic carbocycles. The van der Waals surface area contributed by atoms with Gasteiger partial charge in [0.25, 0.3) is 5.56 Å². The fourth-order valence-electron chi connectivity index (χ4n) is 5.16. The zero-order valence-corrected chi connectivity index (χ0v) is 25.3. The van der Waals surface area contributed by atoms with E-state index in [0.29, 0.717) is 24.6 Å². The van der Waals surface area contributed by atoms with Crippen LogP contribution < -0.4 is 11.2 Å². The summed E-state index contributed by atoms with van der Waals surface area (Å²) < 4.78 is 9.21. The Balaban J connectivity index is 1.64. The van der Waals surface area contributed by atoms with Crippen molar-refractivity contribution in [2.75, 3.05) is 7.11 Å². The first-order valence-electron chi connectivity index (χ1n) is 14.2. The third-order valence-electron chi connectivity index (χ3n) is 7.06. The van der Waals surface area contributed by atoms with Crippen LogP contribution in [0.4, 0.5) is 0 Å². The Labute approximate surface area is 248 Å². The predicted octanol–water partition coefficient (Wildman–Crippen LogP) is 3.67. The summed E-state index contributed by atoms with van der Waals surface area (Å²) in [5.74, 6) is 0.600. The van der Waals surface area contributed by atoms with E-state index in [9.17, 15) is 14.4 Å². The number of carbonyl (C=O) groups is 1. The van der Waals surface area contributed by atoms with Crippen molar-refractivity contribution in [3.8, 4) is 22.5 Å². The lowest BCUT2D eigenvalue weighted by molar-refractivity contribution is -0.141. The van der Waals surface area contributed by atoms with E-state index in [1.165, 1.54) is 16.2 Å². The summed E-state index contributed by atoms with van der Waals surface area (Å²) in [6.45, 7) is 10.3. The van der Waals surface area contributed by atoms with E-state index in [2.05, 4.69) is 41.4 Å². The molecule has 0 aliphatic rings. The lowest BCUT2D eigenvalue weighted by Gasteiger charge is -2.19. The van der Waals surface area contributed by atoms with Crippen LogP contribution in [0.25, 0.3) is 33.7 Å². The molecule has 12 nitrogen and oxygen atoms in total. The van der Waals surface area contributed by atoms with Gasteiger partial charge in [-0.15, -0.1) is 10.2 Å². The maximum absolute atomic E-state index is 13.9. The van der Waals surface area contributed by atoms with Crippen LogP contribution in [-0.2, 0) is 35.6 Å². The number of hydrogen-bond acceptors (Lipinski definition) is 8. The second-order valence-electron chi connectivity index (χ2n) is 12.3. The summed E-state index contributed by atoms with van der Waals surface area (Å²) in [6, 6.07) is 15.9. The molecule has 0 atom stereocenters. The second-order valence-corrected chi connectivity index (χ2v) is 12.3. The van der Waals surface area contributed by atoms with Crippen molar-refractivity contribution in [1.29, 1.82) is 0 Å². The van der Waals surface area contributed by atoms with Gasteiger partial charge in [0.2, 0.25) is 5.82 Å². The Kier molecular flexibility index (Phi) is 8.12. The maximum atomic E-state index is 13.9. The Morgan fingerprint density at radius 3 is 2.28 bits per heavy atom. The molecular weight excluding hydrogens is 548 g/mol. The lowest BCUT2D eigenvalue weighted by Crippen LogP contribution is -2.42. The van der Waals surface area contributed by atoms with E-state index >= 15 is 0 Å². The van der Waals surface area contributed by atoms with E-state index in [1.54, 1.807) is 0 Å². The summed E-state index contributed by atoms with van der Waals surface area (Å²) in [7, 11) is 1.27. The summed E-state index contributed by atoms with van der Waals surface area (Å²) in [4.78, 5) is 44.6. The number of aromatic amines is 1. The number of nitrogens with one attached hydrogen (secondary N) is 1. The van der Waals surface area contributed by atoms with Gasteiger partial charge in [-0.2, -0.15) is 5.21 Å². The van der Waals surface area contributed by atoms with Gasteiger partial charge in [-0.1, -0.05) is 83.1 Å². The fourth-order valence-corrected chi connectivity index (χ4v) is 5.16. The van der Waals surface area contributed by atoms with Gasteiger partial charge in [-0.3, -0.25) is 18.7 Å². The molecule has 0 saturated carbocycles. The third-order valence-corrected chi connectivity index (χ3v) is 7.06. The molecule has 0 unspecified atom stereocenters. The second kappa shape index (κ2) is 11.8. The summed E-state index contributed by atoms with van der Waals surface area (Å²) in [5, 5.41) is 14.5. The normalized spacial score (nSPS) is 11.9. The third kappa shape index (κ3) is 6.18. The predicted molar refractivity (Wildman–Crippen MR) is 162 cm³/mol. The number of nitrogens with zero attached hydrogens (tertiary/aromatic N) is 7. The van der Waals surface area contributed by atoms with Gasteiger partial charge < -0.3 is 9.30 Å². The average molecular weight is 585 g/mol. The molecule has 0 aliphatic heterocycles. The minimum Gasteiger partial charge on any atom is -0.468 e. The van der Waals surface area contributed by atoms with Gasteiger partial charge in [0.1, 0.15) is 12.4 Å². The van der Waals surface area contributed by atoms with Crippen LogP contribution in [0.1, 0.15) is 46.0 Å². The molecule has 1 N–H and O–H groups in total. The number of tetrazole rings is 1. The molecular formula is C31H36N8O4. The Hall–Kier alpha value is -4.87. The van der Waals surface area contributed by atoms with Crippen LogP contribution in [0.3, 0.4) is 0 Å². The van der Waals surface area contributed by atoms with Crippen LogP contribution in [0.15, 0.2) is 58.1 Å². The van der Waals surface area contributed by atoms with Gasteiger partial charge in [-0.05, 0) is 33.2 Å². The SMILES string of the molecule is COC(=O)Cn1c(=O)n(CC(C)C)c(=O)c2c1nc(CC(C)(C)C)n2Cc1ccc(-c2ccccc2-c2nn[nH]n2)cc1. The van der Waals surface area contributed by atoms with E-state index < -0.39 is 17.2 Å². The van der Waals surface area contributed by atoms with Gasteiger partial charge in [-0.25, -0.2) is 9.78 Å². The lowest BCUT2D eigenvalue weighted by atomic mass is 9.92. The largest absolute Gasteiger partial charge is 0.468 e. The minimum atomic E-state index is -0.596. The molecule has 3 heterocycles. The zero-order valence-electron chi connectivity index (χ0n) is 25.3. The summed E-state index contributed by atoms with van der Waals surface area (Å²) in [6.07, 6.45) is 0.549. The van der Waals surface area contributed by atoms with Gasteiger partial charge in [0, 0.05) is 25.1 Å². The van der Waals surface area contributed by atoms with Crippen molar-refractivity contribution >= 4 is 17.1 Å². The van der Waals surface area contributed by atoms with E-state index in [-0.39, 0.29) is 35.6 Å². The molecule has 0 bridgehead atoms. The van der Waals surface area contributed by atoms with E-state index in [1.807, 2.05) is 66.9 Å². The van der Waals surface area contributed by atoms with Crippen LogP contribution in [-0.4, -0.2) is 52.4 Å². The van der Waals surface area contributed by atoms with Crippen molar-refractivity contribution in [1.82, 2.24) is 39.3 Å². The number of hydrogen-bond donors (Lipinski definition) is 1. The van der Waals surface area contributed by atoms with Gasteiger partial charge in [0.15, 0.2) is 11.2 Å². The minimum absolute atomic E-state index is 0.0303. The molecule has 3 aromatic heterocycles. The number of benzene rings is 2. The number of esters is 1. The van der Waals surface area contributed by atoms with Crippen LogP contribution in [0, 0.1) is 11.3 Å². The standard InChI is InChI=1S/C31H36N8O4/c1-19(2)16-39-29(41)26-28(38(30(39)42)18-25(40)43-6)32-24(15-31(3,4)5)37(26)17-20-11-13-21(14-12-20)22-9-7-8-10-23(22)27-33-35-36-34-27/h7-14,19H,15-18H2,1-6H3,(H,33,34,35,36). The highest BCUT2D eigenvalue weighted by Crippen LogP contribution is 2.30. The average Bonchev–Trinajstić information content (AvgIpc) is 3.62. The van der Waals surface area contributed by atoms with Crippen molar-refractivity contribution in [2.24, 2.45) is 11.3 Å². The Bertz CT molecular complexity index is 1870. The highest BCUT2D eigenvalue weighted by atomic mass is 16.5. The molecule has 5 rings (SSSR count). The zero-order chi connectivity index (χ0) is 30.9. The van der Waals surface area contributed by atoms with E-state index in [0.717, 1.165) is 22.3 Å². The quantitative estimate of drug-likeness (QED) is 0.259. The van der Waals surface area contributed by atoms with Crippen molar-refractivity contribution in [3.63, 3.8) is 0 Å². The van der Waals surface area contributed by atoms with Crippen molar-refractivity contribution < 1.29 is 9.53 Å². The number of aromatic nitrogens is 8. The van der Waals surface area contributed by atoms with Gasteiger partial charge in [0.05, 0.1) is 7.11 Å². The van der Waals surface area contributed by atoms with Crippen LogP contribution in [0.2, 0.25) is 0 Å². The first kappa shape index (κ1) is 29.6. The molecule has 2 aromatic carbocycles. The fraction of sp³-hybridized carbons (Fsp3) is 0.387.